The van der Waals surface area contributed by atoms with Crippen LogP contribution in [0.3, 0.4) is 0 Å². The molecule has 0 saturated carbocycles. The van der Waals surface area contributed by atoms with Crippen LogP contribution in [0.1, 0.15) is 57.2 Å². The van der Waals surface area contributed by atoms with Crippen LogP contribution in [0.15, 0.2) is 55.1 Å². The van der Waals surface area contributed by atoms with E-state index < -0.39 is 0 Å². The lowest BCUT2D eigenvalue weighted by Crippen LogP contribution is -2.25. The fourth-order valence-electron chi connectivity index (χ4n) is 4.09. The third-order valence-corrected chi connectivity index (χ3v) is 5.98. The van der Waals surface area contributed by atoms with Crippen LogP contribution >= 0.6 is 0 Å². The second kappa shape index (κ2) is 6.22. The van der Waals surface area contributed by atoms with Gasteiger partial charge in [-0.2, -0.15) is 10.2 Å². The summed E-state index contributed by atoms with van der Waals surface area (Å²) in [4.78, 5) is 0. The Kier molecular flexibility index (Phi) is 4.10. The number of rotatable bonds is 5. The van der Waals surface area contributed by atoms with Crippen molar-refractivity contribution in [3.05, 3.63) is 71.8 Å². The molecule has 0 unspecified atom stereocenters. The van der Waals surface area contributed by atoms with Crippen molar-refractivity contribution in [2.24, 2.45) is 0 Å². The molecule has 4 aromatic rings. The standard InChI is InChI=1S/C23H28N4/c1-17-15-24-27-14-8-9-18(21(17)27)22(2,3)11-12-23(4,5)19-16-25-26-13-7-6-10-20(19)26/h6-10,13-16H,11-12H2,1-5H3. The molecule has 0 fully saturated rings. The second-order valence-corrected chi connectivity index (χ2v) is 8.90. The lowest BCUT2D eigenvalue weighted by Gasteiger charge is -2.32. The van der Waals surface area contributed by atoms with Crippen LogP contribution in [0.25, 0.3) is 11.0 Å². The summed E-state index contributed by atoms with van der Waals surface area (Å²) in [5.41, 5.74) is 6.49. The Morgan fingerprint density at radius 1 is 0.778 bits per heavy atom. The highest BCUT2D eigenvalue weighted by atomic mass is 15.2. The molecular weight excluding hydrogens is 332 g/mol. The molecule has 4 nitrogen and oxygen atoms in total. The monoisotopic (exact) mass is 360 g/mol. The quantitative estimate of drug-likeness (QED) is 0.482. The fraction of sp³-hybridized carbons (Fsp3) is 0.391. The number of aromatic nitrogens is 4. The molecule has 140 valence electrons. The van der Waals surface area contributed by atoms with E-state index in [1.165, 1.54) is 27.7 Å². The van der Waals surface area contributed by atoms with E-state index in [0.717, 1.165) is 12.8 Å². The molecule has 0 amide bonds. The molecule has 0 aliphatic rings. The molecule has 4 heterocycles. The Morgan fingerprint density at radius 2 is 1.44 bits per heavy atom. The van der Waals surface area contributed by atoms with Crippen LogP contribution in [0.2, 0.25) is 0 Å². The van der Waals surface area contributed by atoms with Gasteiger partial charge in [-0.05, 0) is 59.9 Å². The molecule has 0 N–H and O–H groups in total. The zero-order valence-electron chi connectivity index (χ0n) is 16.9. The first-order valence-corrected chi connectivity index (χ1v) is 9.66. The number of pyridine rings is 2. The molecule has 0 radical (unpaired) electrons. The van der Waals surface area contributed by atoms with E-state index in [4.69, 9.17) is 0 Å². The summed E-state index contributed by atoms with van der Waals surface area (Å²) >= 11 is 0. The molecule has 27 heavy (non-hydrogen) atoms. The van der Waals surface area contributed by atoms with Gasteiger partial charge in [0.05, 0.1) is 23.4 Å². The molecule has 4 aromatic heterocycles. The van der Waals surface area contributed by atoms with Gasteiger partial charge in [0.2, 0.25) is 0 Å². The van der Waals surface area contributed by atoms with Crippen molar-refractivity contribution in [1.82, 2.24) is 19.2 Å². The maximum Gasteiger partial charge on any atom is 0.0728 e. The zero-order chi connectivity index (χ0) is 19.2. The lowest BCUT2D eigenvalue weighted by molar-refractivity contribution is 0.377. The summed E-state index contributed by atoms with van der Waals surface area (Å²) in [5, 5.41) is 9.02. The van der Waals surface area contributed by atoms with E-state index in [1.807, 2.05) is 39.9 Å². The topological polar surface area (TPSA) is 34.6 Å². The summed E-state index contributed by atoms with van der Waals surface area (Å²) in [6.07, 6.45) is 10.2. The summed E-state index contributed by atoms with van der Waals surface area (Å²) in [5.74, 6) is 0. The average Bonchev–Trinajstić information content (AvgIpc) is 3.25. The van der Waals surface area contributed by atoms with E-state index in [9.17, 15) is 0 Å². The molecule has 0 bridgehead atoms. The SMILES string of the molecule is Cc1cnn2cccc(C(C)(C)CCC(C)(C)c3cnn4ccccc34)c12. The van der Waals surface area contributed by atoms with Crippen molar-refractivity contribution in [1.29, 1.82) is 0 Å². The van der Waals surface area contributed by atoms with E-state index in [-0.39, 0.29) is 10.8 Å². The predicted molar refractivity (Wildman–Crippen MR) is 110 cm³/mol. The zero-order valence-corrected chi connectivity index (χ0v) is 16.9. The van der Waals surface area contributed by atoms with E-state index in [0.29, 0.717) is 0 Å². The first-order valence-electron chi connectivity index (χ1n) is 9.66. The van der Waals surface area contributed by atoms with Gasteiger partial charge >= 0.3 is 0 Å². The van der Waals surface area contributed by atoms with Crippen molar-refractivity contribution < 1.29 is 0 Å². The van der Waals surface area contributed by atoms with Crippen LogP contribution in [0, 0.1) is 6.92 Å². The normalized spacial score (nSPS) is 12.9. The van der Waals surface area contributed by atoms with Gasteiger partial charge in [-0.1, -0.05) is 39.8 Å². The van der Waals surface area contributed by atoms with Gasteiger partial charge in [0.1, 0.15) is 0 Å². The number of aryl methyl sites for hydroxylation is 1. The van der Waals surface area contributed by atoms with Crippen LogP contribution in [0.4, 0.5) is 0 Å². The van der Waals surface area contributed by atoms with Gasteiger partial charge in [0.15, 0.2) is 0 Å². The Hall–Kier alpha value is -2.62. The molecule has 0 spiro atoms. The third-order valence-electron chi connectivity index (χ3n) is 5.98. The second-order valence-electron chi connectivity index (χ2n) is 8.90. The highest BCUT2D eigenvalue weighted by Crippen LogP contribution is 2.39. The van der Waals surface area contributed by atoms with E-state index in [1.54, 1.807) is 0 Å². The summed E-state index contributed by atoms with van der Waals surface area (Å²) < 4.78 is 3.97. The molecule has 0 saturated heterocycles. The van der Waals surface area contributed by atoms with Gasteiger partial charge in [-0.15, -0.1) is 0 Å². The molecule has 4 rings (SSSR count). The maximum atomic E-state index is 4.54. The van der Waals surface area contributed by atoms with Crippen LogP contribution in [0.5, 0.6) is 0 Å². The average molecular weight is 361 g/mol. The lowest BCUT2D eigenvalue weighted by atomic mass is 9.73. The first-order chi connectivity index (χ1) is 12.8. The van der Waals surface area contributed by atoms with E-state index in [2.05, 4.69) is 69.1 Å². The van der Waals surface area contributed by atoms with Gasteiger partial charge in [-0.25, -0.2) is 9.03 Å². The molecule has 0 aromatic carbocycles. The third kappa shape index (κ3) is 3.03. The van der Waals surface area contributed by atoms with Crippen LogP contribution in [-0.2, 0) is 10.8 Å². The highest BCUT2D eigenvalue weighted by Gasteiger charge is 2.30. The van der Waals surface area contributed by atoms with E-state index >= 15 is 0 Å². The molecular formula is C23H28N4. The maximum absolute atomic E-state index is 4.54. The Morgan fingerprint density at radius 3 is 2.22 bits per heavy atom. The van der Waals surface area contributed by atoms with Gasteiger partial charge < -0.3 is 0 Å². The summed E-state index contributed by atoms with van der Waals surface area (Å²) in [7, 11) is 0. The van der Waals surface area contributed by atoms with Gasteiger partial charge in [0, 0.05) is 18.0 Å². The van der Waals surface area contributed by atoms with Crippen molar-refractivity contribution in [3.8, 4) is 0 Å². The van der Waals surface area contributed by atoms with Crippen molar-refractivity contribution in [2.45, 2.75) is 58.3 Å². The molecule has 0 atom stereocenters. The van der Waals surface area contributed by atoms with Crippen molar-refractivity contribution in [2.75, 3.05) is 0 Å². The number of hydrogen-bond acceptors (Lipinski definition) is 2. The largest absolute Gasteiger partial charge is 0.241 e. The molecule has 0 aliphatic carbocycles. The Balaban J connectivity index is 1.64. The number of fused-ring (bicyclic) bond motifs is 2. The summed E-state index contributed by atoms with van der Waals surface area (Å²) in [6, 6.07) is 10.6. The van der Waals surface area contributed by atoms with Crippen LogP contribution < -0.4 is 0 Å². The molecule has 4 heteroatoms. The number of nitrogens with zero attached hydrogens (tertiary/aromatic N) is 4. The van der Waals surface area contributed by atoms with Gasteiger partial charge in [-0.3, -0.25) is 0 Å². The van der Waals surface area contributed by atoms with Crippen LogP contribution in [-0.4, -0.2) is 19.2 Å². The molecule has 0 aliphatic heterocycles. The van der Waals surface area contributed by atoms with Crippen molar-refractivity contribution >= 4 is 11.0 Å². The minimum absolute atomic E-state index is 0.0563. The Bertz CT molecular complexity index is 1100. The van der Waals surface area contributed by atoms with Crippen molar-refractivity contribution in [3.63, 3.8) is 0 Å². The Labute approximate surface area is 160 Å². The minimum Gasteiger partial charge on any atom is -0.241 e. The fourth-order valence-corrected chi connectivity index (χ4v) is 4.09. The highest BCUT2D eigenvalue weighted by molar-refractivity contribution is 5.62. The number of hydrogen-bond donors (Lipinski definition) is 0. The minimum atomic E-state index is 0.0563. The summed E-state index contributed by atoms with van der Waals surface area (Å²) in [6.45, 7) is 11.5. The van der Waals surface area contributed by atoms with Gasteiger partial charge in [0.25, 0.3) is 0 Å². The predicted octanol–water partition coefficient (Wildman–Crippen LogP) is 5.33. The smallest absolute Gasteiger partial charge is 0.0728 e. The first kappa shape index (κ1) is 17.8.